The van der Waals surface area contributed by atoms with Crippen LogP contribution in [0.5, 0.6) is 0 Å². The molecule has 1 aromatic carbocycles. The maximum atomic E-state index is 6.14. The van der Waals surface area contributed by atoms with Gasteiger partial charge in [0.25, 0.3) is 0 Å². The molecule has 0 spiro atoms. The average molecular weight is 530 g/mol. The van der Waals surface area contributed by atoms with Gasteiger partial charge in [-0.3, -0.25) is 4.99 Å². The van der Waals surface area contributed by atoms with Crippen LogP contribution in [0, 0.1) is 11.3 Å². The van der Waals surface area contributed by atoms with Gasteiger partial charge in [0.1, 0.15) is 0 Å². The second-order valence-electron chi connectivity index (χ2n) is 8.57. The fraction of sp³-hybridized carbons (Fsp3) is 0.708. The van der Waals surface area contributed by atoms with Crippen molar-refractivity contribution in [1.82, 2.24) is 10.6 Å². The molecule has 2 fully saturated rings. The molecule has 30 heavy (non-hydrogen) atoms. The molecule has 1 saturated carbocycles. The van der Waals surface area contributed by atoms with E-state index in [1.54, 1.807) is 0 Å². The van der Waals surface area contributed by atoms with Crippen LogP contribution in [0.4, 0.5) is 0 Å². The zero-order chi connectivity index (χ0) is 20.4. The molecule has 1 heterocycles. The minimum atomic E-state index is 0. The lowest BCUT2D eigenvalue weighted by Crippen LogP contribution is -2.45. The van der Waals surface area contributed by atoms with Gasteiger partial charge in [-0.1, -0.05) is 43.2 Å². The summed E-state index contributed by atoms with van der Waals surface area (Å²) in [4.78, 5) is 4.48. The number of benzene rings is 1. The second kappa shape index (κ2) is 13.5. The van der Waals surface area contributed by atoms with Crippen molar-refractivity contribution in [3.63, 3.8) is 0 Å². The van der Waals surface area contributed by atoms with Gasteiger partial charge in [0.05, 0.1) is 6.10 Å². The van der Waals surface area contributed by atoms with Crippen molar-refractivity contribution in [1.29, 1.82) is 0 Å². The Bertz CT molecular complexity index is 620. The van der Waals surface area contributed by atoms with Crippen molar-refractivity contribution in [2.24, 2.45) is 16.3 Å². The molecule has 5 nitrogen and oxygen atoms in total. The van der Waals surface area contributed by atoms with Crippen LogP contribution in [0.25, 0.3) is 0 Å². The third-order valence-electron chi connectivity index (χ3n) is 6.60. The second-order valence-corrected chi connectivity index (χ2v) is 8.57. The molecule has 2 atom stereocenters. The highest BCUT2D eigenvalue weighted by Crippen LogP contribution is 2.40. The van der Waals surface area contributed by atoms with E-state index < -0.39 is 0 Å². The number of nitrogens with one attached hydrogen (secondary N) is 2. The number of aliphatic imine (C=N–C) groups is 1. The molecule has 0 aromatic heterocycles. The molecule has 2 N–H and O–H groups in total. The lowest BCUT2D eigenvalue weighted by Gasteiger charge is -2.33. The maximum absolute atomic E-state index is 6.14. The number of nitrogens with zero attached hydrogens (tertiary/aromatic N) is 1. The molecule has 3 rings (SSSR count). The Morgan fingerprint density at radius 1 is 1.17 bits per heavy atom. The highest BCUT2D eigenvalue weighted by Gasteiger charge is 2.34. The first-order valence-electron chi connectivity index (χ1n) is 11.5. The molecule has 0 bridgehead atoms. The van der Waals surface area contributed by atoms with Crippen molar-refractivity contribution in [2.45, 2.75) is 58.0 Å². The van der Waals surface area contributed by atoms with E-state index in [1.165, 1.54) is 37.7 Å². The van der Waals surface area contributed by atoms with E-state index in [2.05, 4.69) is 52.9 Å². The number of hydrogen-bond acceptors (Lipinski definition) is 3. The summed E-state index contributed by atoms with van der Waals surface area (Å²) in [6.07, 6.45) is 8.85. The standard InChI is InChI=1S/C24H39N3O2.HI/c1-3-28-17-15-24(13-7-8-14-24)19-27-23(25-2)26-18-21-12-9-16-29-22(21)20-10-5-4-6-11-20;/h4-6,10-11,21-22H,3,7-9,12-19H2,1-2H3,(H2,25,26,27);1H. The van der Waals surface area contributed by atoms with Crippen molar-refractivity contribution < 1.29 is 9.47 Å². The lowest BCUT2D eigenvalue weighted by atomic mass is 9.83. The predicted octanol–water partition coefficient (Wildman–Crippen LogP) is 4.92. The molecule has 0 amide bonds. The highest BCUT2D eigenvalue weighted by molar-refractivity contribution is 14.0. The van der Waals surface area contributed by atoms with Crippen molar-refractivity contribution >= 4 is 29.9 Å². The number of hydrogen-bond donors (Lipinski definition) is 2. The Labute approximate surface area is 199 Å². The molecule has 6 heteroatoms. The minimum absolute atomic E-state index is 0. The van der Waals surface area contributed by atoms with Crippen LogP contribution in [0.1, 0.15) is 63.5 Å². The Hall–Kier alpha value is -0.860. The van der Waals surface area contributed by atoms with Gasteiger partial charge in [0.2, 0.25) is 0 Å². The topological polar surface area (TPSA) is 54.9 Å². The fourth-order valence-corrected chi connectivity index (χ4v) is 4.86. The van der Waals surface area contributed by atoms with Crippen LogP contribution in [-0.4, -0.2) is 45.9 Å². The third kappa shape index (κ3) is 7.38. The van der Waals surface area contributed by atoms with Crippen LogP contribution in [0.3, 0.4) is 0 Å². The van der Waals surface area contributed by atoms with Crippen LogP contribution in [-0.2, 0) is 9.47 Å². The highest BCUT2D eigenvalue weighted by atomic mass is 127. The first-order chi connectivity index (χ1) is 14.3. The number of guanidine groups is 1. The summed E-state index contributed by atoms with van der Waals surface area (Å²) in [5.74, 6) is 1.37. The Kier molecular flexibility index (Phi) is 11.5. The summed E-state index contributed by atoms with van der Waals surface area (Å²) in [5.41, 5.74) is 1.63. The van der Waals surface area contributed by atoms with E-state index in [0.717, 1.165) is 51.7 Å². The first-order valence-corrected chi connectivity index (χ1v) is 11.5. The van der Waals surface area contributed by atoms with Gasteiger partial charge in [0.15, 0.2) is 5.96 Å². The van der Waals surface area contributed by atoms with E-state index in [1.807, 2.05) is 7.05 Å². The van der Waals surface area contributed by atoms with E-state index in [9.17, 15) is 0 Å². The van der Waals surface area contributed by atoms with Crippen molar-refractivity contribution in [3.8, 4) is 0 Å². The molecule has 170 valence electrons. The zero-order valence-corrected chi connectivity index (χ0v) is 21.0. The molecule has 2 unspecified atom stereocenters. The van der Waals surface area contributed by atoms with Gasteiger partial charge in [-0.2, -0.15) is 0 Å². The van der Waals surface area contributed by atoms with E-state index >= 15 is 0 Å². The van der Waals surface area contributed by atoms with Gasteiger partial charge in [-0.25, -0.2) is 0 Å². The Balaban J connectivity index is 0.00000320. The molecule has 0 radical (unpaired) electrons. The van der Waals surface area contributed by atoms with Crippen molar-refractivity contribution in [2.75, 3.05) is 40.0 Å². The summed E-state index contributed by atoms with van der Waals surface area (Å²) >= 11 is 0. The quantitative estimate of drug-likeness (QED) is 0.206. The lowest BCUT2D eigenvalue weighted by molar-refractivity contribution is -0.0265. The molecular weight excluding hydrogens is 489 g/mol. The number of rotatable bonds is 9. The molecule has 1 aromatic rings. The fourth-order valence-electron chi connectivity index (χ4n) is 4.86. The zero-order valence-electron chi connectivity index (χ0n) is 18.7. The summed E-state index contributed by atoms with van der Waals surface area (Å²) in [5, 5.41) is 7.19. The van der Waals surface area contributed by atoms with Gasteiger partial charge in [0, 0.05) is 45.9 Å². The Morgan fingerprint density at radius 2 is 1.93 bits per heavy atom. The van der Waals surface area contributed by atoms with Gasteiger partial charge >= 0.3 is 0 Å². The molecule has 1 aliphatic heterocycles. The Morgan fingerprint density at radius 3 is 2.63 bits per heavy atom. The first kappa shape index (κ1) is 25.4. The summed E-state index contributed by atoms with van der Waals surface area (Å²) in [7, 11) is 1.86. The molecule has 1 aliphatic carbocycles. The monoisotopic (exact) mass is 529 g/mol. The SMILES string of the molecule is CCOCCC1(CNC(=NC)NCC2CCCOC2c2ccccc2)CCCC1.I. The maximum Gasteiger partial charge on any atom is 0.191 e. The van der Waals surface area contributed by atoms with Crippen molar-refractivity contribution in [3.05, 3.63) is 35.9 Å². The number of halogens is 1. The third-order valence-corrected chi connectivity index (χ3v) is 6.60. The number of ether oxygens (including phenoxy) is 2. The van der Waals surface area contributed by atoms with E-state index in [0.29, 0.717) is 11.3 Å². The van der Waals surface area contributed by atoms with Gasteiger partial charge in [-0.15, -0.1) is 24.0 Å². The average Bonchev–Trinajstić information content (AvgIpc) is 3.24. The molecular formula is C24H40IN3O2. The molecule has 1 saturated heterocycles. The summed E-state index contributed by atoms with van der Waals surface area (Å²) < 4.78 is 11.8. The molecule has 2 aliphatic rings. The van der Waals surface area contributed by atoms with Gasteiger partial charge < -0.3 is 20.1 Å². The largest absolute Gasteiger partial charge is 0.382 e. The predicted molar refractivity (Wildman–Crippen MR) is 135 cm³/mol. The summed E-state index contributed by atoms with van der Waals surface area (Å²) in [6, 6.07) is 10.6. The van der Waals surface area contributed by atoms with Crippen LogP contribution >= 0.6 is 24.0 Å². The summed E-state index contributed by atoms with van der Waals surface area (Å²) in [6.45, 7) is 6.45. The van der Waals surface area contributed by atoms with Gasteiger partial charge in [-0.05, 0) is 50.0 Å². The normalized spacial score (nSPS) is 23.6. The minimum Gasteiger partial charge on any atom is -0.382 e. The smallest absolute Gasteiger partial charge is 0.191 e. The van der Waals surface area contributed by atoms with E-state index in [4.69, 9.17) is 9.47 Å². The van der Waals surface area contributed by atoms with Crippen LogP contribution in [0.2, 0.25) is 0 Å². The van der Waals surface area contributed by atoms with Crippen LogP contribution in [0.15, 0.2) is 35.3 Å². The van der Waals surface area contributed by atoms with E-state index in [-0.39, 0.29) is 30.1 Å². The van der Waals surface area contributed by atoms with Crippen LogP contribution < -0.4 is 10.6 Å².